The Hall–Kier alpha value is -5.06. The molecule has 2 aromatic carbocycles. The lowest BCUT2D eigenvalue weighted by atomic mass is 10.0. The van der Waals surface area contributed by atoms with Crippen LogP contribution in [0.1, 0.15) is 27.7 Å². The highest BCUT2D eigenvalue weighted by molar-refractivity contribution is 7.17. The summed E-state index contributed by atoms with van der Waals surface area (Å²) in [6.07, 6.45) is 5.14. The summed E-state index contributed by atoms with van der Waals surface area (Å²) in [5.41, 5.74) is 6.51. The molecule has 0 atom stereocenters. The fourth-order valence-electron chi connectivity index (χ4n) is 5.02. The van der Waals surface area contributed by atoms with Gasteiger partial charge in [0.1, 0.15) is 11.5 Å². The van der Waals surface area contributed by atoms with Crippen LogP contribution in [-0.4, -0.2) is 35.9 Å². The van der Waals surface area contributed by atoms with Crippen LogP contribution in [0.3, 0.4) is 0 Å². The van der Waals surface area contributed by atoms with Gasteiger partial charge < -0.3 is 10.3 Å². The molecule has 7 aromatic rings. The number of aromatic nitrogens is 6. The zero-order valence-corrected chi connectivity index (χ0v) is 23.3. The van der Waals surface area contributed by atoms with E-state index >= 15 is 4.39 Å². The molecule has 0 unspecified atom stereocenters. The van der Waals surface area contributed by atoms with Crippen molar-refractivity contribution < 1.29 is 9.18 Å². The zero-order valence-electron chi connectivity index (χ0n) is 22.5. The van der Waals surface area contributed by atoms with Crippen molar-refractivity contribution in [1.82, 2.24) is 35.5 Å². The molecule has 0 radical (unpaired) electrons. The first-order chi connectivity index (χ1) is 20.5. The van der Waals surface area contributed by atoms with Crippen molar-refractivity contribution >= 4 is 39.2 Å². The summed E-state index contributed by atoms with van der Waals surface area (Å²) < 4.78 is 15.3. The number of hydrogen-bond donors (Lipinski definition) is 3. The second-order valence-electron chi connectivity index (χ2n) is 9.98. The second kappa shape index (κ2) is 10.7. The van der Waals surface area contributed by atoms with Crippen LogP contribution >= 0.6 is 11.3 Å². The minimum Gasteiger partial charge on any atom is -0.335 e. The van der Waals surface area contributed by atoms with Gasteiger partial charge in [-0.05, 0) is 48.4 Å². The van der Waals surface area contributed by atoms with E-state index in [1.54, 1.807) is 31.6 Å². The highest BCUT2D eigenvalue weighted by Gasteiger charge is 2.19. The molecule has 42 heavy (non-hydrogen) atoms. The molecule has 0 aliphatic rings. The Bertz CT molecular complexity index is 2080. The Morgan fingerprint density at radius 3 is 2.67 bits per heavy atom. The zero-order chi connectivity index (χ0) is 28.6. The molecule has 10 heteroatoms. The van der Waals surface area contributed by atoms with E-state index in [0.29, 0.717) is 45.2 Å². The number of aromatic amines is 2. The van der Waals surface area contributed by atoms with E-state index in [2.05, 4.69) is 42.6 Å². The largest absolute Gasteiger partial charge is 0.335 e. The highest BCUT2D eigenvalue weighted by atomic mass is 32.1. The minimum absolute atomic E-state index is 0.0251. The lowest BCUT2D eigenvalue weighted by molar-refractivity contribution is 0.102. The lowest BCUT2D eigenvalue weighted by Crippen LogP contribution is -2.12. The van der Waals surface area contributed by atoms with Gasteiger partial charge in [0.05, 0.1) is 15.9 Å². The van der Waals surface area contributed by atoms with Gasteiger partial charge in [0.2, 0.25) is 0 Å². The van der Waals surface area contributed by atoms with Crippen LogP contribution in [0.5, 0.6) is 0 Å². The number of rotatable bonds is 8. The van der Waals surface area contributed by atoms with Gasteiger partial charge in [0.25, 0.3) is 0 Å². The number of halogens is 1. The van der Waals surface area contributed by atoms with Crippen LogP contribution in [0, 0.1) is 5.82 Å². The molecule has 0 aliphatic heterocycles. The molecule has 0 spiro atoms. The van der Waals surface area contributed by atoms with E-state index in [1.807, 2.05) is 42.5 Å². The first kappa shape index (κ1) is 25.9. The lowest BCUT2D eigenvalue weighted by Gasteiger charge is -2.08. The van der Waals surface area contributed by atoms with E-state index in [-0.39, 0.29) is 11.6 Å². The number of pyridine rings is 2. The summed E-state index contributed by atoms with van der Waals surface area (Å²) in [6.45, 7) is 2.88. The maximum absolute atomic E-state index is 15.3. The van der Waals surface area contributed by atoms with Gasteiger partial charge in [-0.2, -0.15) is 5.10 Å². The molecule has 0 amide bonds. The van der Waals surface area contributed by atoms with Gasteiger partial charge in [-0.25, -0.2) is 14.4 Å². The molecule has 0 saturated heterocycles. The molecule has 5 heterocycles. The van der Waals surface area contributed by atoms with E-state index < -0.39 is 0 Å². The number of thiophene rings is 1. The summed E-state index contributed by atoms with van der Waals surface area (Å²) in [7, 11) is 0. The summed E-state index contributed by atoms with van der Waals surface area (Å²) in [6, 6.07) is 21.0. The topological polar surface area (TPSA) is 112 Å². The van der Waals surface area contributed by atoms with E-state index in [0.717, 1.165) is 33.5 Å². The SMILES string of the molecule is CC(=O)c1ccc(-c2ccnc3nc(-c4n[nH]c5cc(F)c(-c6cncc(CNCc7ccccc7)c6)cc45)[nH]c23)s1. The van der Waals surface area contributed by atoms with Crippen LogP contribution in [-0.2, 0) is 13.1 Å². The van der Waals surface area contributed by atoms with E-state index in [4.69, 9.17) is 4.98 Å². The van der Waals surface area contributed by atoms with Gasteiger partial charge in [0, 0.05) is 64.7 Å². The third-order valence-corrected chi connectivity index (χ3v) is 8.31. The molecule has 0 aliphatic carbocycles. The third kappa shape index (κ3) is 4.87. The van der Waals surface area contributed by atoms with Crippen LogP contribution in [0.4, 0.5) is 4.39 Å². The minimum atomic E-state index is -0.374. The number of fused-ring (bicyclic) bond motifs is 2. The number of Topliss-reactive ketones (excluding diaryl/α,β-unsaturated/α-hetero) is 1. The number of hydrogen-bond acceptors (Lipinski definition) is 7. The first-order valence-electron chi connectivity index (χ1n) is 13.4. The Balaban J connectivity index is 1.22. The van der Waals surface area contributed by atoms with Gasteiger partial charge in [-0.15, -0.1) is 11.3 Å². The fourth-order valence-corrected chi connectivity index (χ4v) is 5.95. The van der Waals surface area contributed by atoms with Crippen molar-refractivity contribution in [1.29, 1.82) is 0 Å². The van der Waals surface area contributed by atoms with E-state index in [1.165, 1.54) is 23.0 Å². The maximum atomic E-state index is 15.3. The monoisotopic (exact) mass is 573 g/mol. The molecule has 0 bridgehead atoms. The molecular weight excluding hydrogens is 549 g/mol. The van der Waals surface area contributed by atoms with Crippen molar-refractivity contribution in [3.05, 3.63) is 107 Å². The molecule has 5 aromatic heterocycles. The summed E-state index contributed by atoms with van der Waals surface area (Å²) >= 11 is 1.43. The van der Waals surface area contributed by atoms with Gasteiger partial charge in [0.15, 0.2) is 17.3 Å². The Kier molecular flexibility index (Phi) is 6.61. The maximum Gasteiger partial charge on any atom is 0.178 e. The number of H-pyrrole nitrogens is 2. The Labute approximate surface area is 243 Å². The quantitative estimate of drug-likeness (QED) is 0.170. The standard InChI is InChI=1S/C32H24FN7OS/c1-18(41)27-7-8-28(42-27)22-9-10-36-31-29(22)37-32(38-31)30-24-12-23(25(33)13-26(24)39-40-30)21-11-20(16-35-17-21)15-34-14-19-5-3-2-4-6-19/h2-13,16-17,34H,14-15H2,1H3,(H,39,40)(H,36,37,38). The van der Waals surface area contributed by atoms with Crippen molar-refractivity contribution in [2.45, 2.75) is 20.0 Å². The molecule has 3 N–H and O–H groups in total. The van der Waals surface area contributed by atoms with Crippen LogP contribution < -0.4 is 5.32 Å². The number of imidazole rings is 1. The number of ketones is 1. The number of benzene rings is 2. The van der Waals surface area contributed by atoms with Gasteiger partial charge in [-0.1, -0.05) is 30.3 Å². The van der Waals surface area contributed by atoms with Crippen molar-refractivity contribution in [3.8, 4) is 33.1 Å². The van der Waals surface area contributed by atoms with Crippen molar-refractivity contribution in [2.24, 2.45) is 0 Å². The van der Waals surface area contributed by atoms with Gasteiger partial charge in [-0.3, -0.25) is 14.9 Å². The highest BCUT2D eigenvalue weighted by Crippen LogP contribution is 2.36. The Morgan fingerprint density at radius 2 is 1.83 bits per heavy atom. The molecule has 0 saturated carbocycles. The summed E-state index contributed by atoms with van der Waals surface area (Å²) in [4.78, 5) is 30.4. The normalized spacial score (nSPS) is 11.5. The molecule has 206 valence electrons. The van der Waals surface area contributed by atoms with Crippen molar-refractivity contribution in [3.63, 3.8) is 0 Å². The molecular formula is C32H24FN7OS. The smallest absolute Gasteiger partial charge is 0.178 e. The molecule has 8 nitrogen and oxygen atoms in total. The van der Waals surface area contributed by atoms with Gasteiger partial charge >= 0.3 is 0 Å². The number of nitrogens with one attached hydrogen (secondary N) is 3. The number of carbonyl (C=O) groups is 1. The van der Waals surface area contributed by atoms with Crippen LogP contribution in [0.25, 0.3) is 55.2 Å². The average molecular weight is 574 g/mol. The molecule has 0 fully saturated rings. The molecule has 7 rings (SSSR count). The third-order valence-electron chi connectivity index (χ3n) is 7.09. The Morgan fingerprint density at radius 1 is 0.976 bits per heavy atom. The van der Waals surface area contributed by atoms with E-state index in [9.17, 15) is 4.79 Å². The van der Waals surface area contributed by atoms with Crippen LogP contribution in [0.2, 0.25) is 0 Å². The predicted molar refractivity (Wildman–Crippen MR) is 162 cm³/mol. The average Bonchev–Trinajstić information content (AvgIpc) is 3.75. The first-order valence-corrected chi connectivity index (χ1v) is 14.2. The second-order valence-corrected chi connectivity index (χ2v) is 11.1. The number of carbonyl (C=O) groups excluding carboxylic acids is 1. The summed E-state index contributed by atoms with van der Waals surface area (Å²) in [5, 5.41) is 11.5. The van der Waals surface area contributed by atoms with Crippen molar-refractivity contribution in [2.75, 3.05) is 0 Å². The van der Waals surface area contributed by atoms with Crippen LogP contribution in [0.15, 0.2) is 85.3 Å². The number of nitrogens with zero attached hydrogens (tertiary/aromatic N) is 4. The summed E-state index contributed by atoms with van der Waals surface area (Å²) in [5.74, 6) is 0.160. The predicted octanol–water partition coefficient (Wildman–Crippen LogP) is 6.92. The fraction of sp³-hybridized carbons (Fsp3) is 0.0938.